The van der Waals surface area contributed by atoms with E-state index in [0.29, 0.717) is 6.61 Å². The Kier molecular flexibility index (Phi) is 4.18. The van der Waals surface area contributed by atoms with Crippen LogP contribution in [0.4, 0.5) is 0 Å². The van der Waals surface area contributed by atoms with E-state index >= 15 is 0 Å². The Bertz CT molecular complexity index is 165. The van der Waals surface area contributed by atoms with Gasteiger partial charge in [-0.15, -0.1) is 0 Å². The molecule has 0 bridgehead atoms. The molecule has 0 aliphatic carbocycles. The predicted molar refractivity (Wildman–Crippen MR) is 50.6 cm³/mol. The summed E-state index contributed by atoms with van der Waals surface area (Å²) in [6.45, 7) is 7.23. The molecule has 13 heavy (non-hydrogen) atoms. The number of likely N-dealkylation sites (N-methyl/N-ethyl adjacent to an activating group) is 1. The van der Waals surface area contributed by atoms with Gasteiger partial charge < -0.3 is 9.64 Å². The van der Waals surface area contributed by atoms with E-state index in [9.17, 15) is 4.79 Å². The first-order valence-electron chi connectivity index (χ1n) is 4.73. The van der Waals surface area contributed by atoms with Gasteiger partial charge >= 0.3 is 5.97 Å². The molecule has 1 heterocycles. The summed E-state index contributed by atoms with van der Waals surface area (Å²) in [5, 5.41) is 0. The zero-order valence-electron chi connectivity index (χ0n) is 8.45. The van der Waals surface area contributed by atoms with Crippen molar-refractivity contribution in [3.63, 3.8) is 0 Å². The van der Waals surface area contributed by atoms with Gasteiger partial charge in [-0.1, -0.05) is 0 Å². The molecule has 0 aromatic carbocycles. The number of carbonyl (C=O) groups excluding carboxylic acids is 1. The first-order valence-corrected chi connectivity index (χ1v) is 4.73. The number of rotatable bonds is 3. The molecule has 0 spiro atoms. The van der Waals surface area contributed by atoms with E-state index in [1.165, 1.54) is 6.92 Å². The first kappa shape index (κ1) is 10.5. The highest BCUT2D eigenvalue weighted by Crippen LogP contribution is 1.98. The second-order valence-corrected chi connectivity index (χ2v) is 3.48. The topological polar surface area (TPSA) is 32.8 Å². The number of piperazine rings is 1. The number of hydrogen-bond acceptors (Lipinski definition) is 4. The molecular weight excluding hydrogens is 168 g/mol. The lowest BCUT2D eigenvalue weighted by Crippen LogP contribution is -2.45. The maximum absolute atomic E-state index is 10.5. The van der Waals surface area contributed by atoms with Crippen LogP contribution in [0, 0.1) is 0 Å². The average molecular weight is 186 g/mol. The molecule has 0 aromatic heterocycles. The highest BCUT2D eigenvalue weighted by atomic mass is 16.5. The Labute approximate surface area is 79.4 Å². The lowest BCUT2D eigenvalue weighted by atomic mass is 10.3. The molecule has 1 aliphatic heterocycles. The van der Waals surface area contributed by atoms with Crippen molar-refractivity contribution in [2.45, 2.75) is 6.92 Å². The van der Waals surface area contributed by atoms with Crippen molar-refractivity contribution >= 4 is 5.97 Å². The maximum Gasteiger partial charge on any atom is 0.302 e. The van der Waals surface area contributed by atoms with Crippen molar-refractivity contribution in [3.8, 4) is 0 Å². The summed E-state index contributed by atoms with van der Waals surface area (Å²) in [6, 6.07) is 0. The quantitative estimate of drug-likeness (QED) is 0.571. The van der Waals surface area contributed by atoms with Gasteiger partial charge in [0.1, 0.15) is 6.61 Å². The first-order chi connectivity index (χ1) is 6.18. The van der Waals surface area contributed by atoms with Crippen molar-refractivity contribution in [1.29, 1.82) is 0 Å². The fourth-order valence-electron chi connectivity index (χ4n) is 1.39. The zero-order valence-corrected chi connectivity index (χ0v) is 8.45. The average Bonchev–Trinajstić information content (AvgIpc) is 2.08. The third-order valence-electron chi connectivity index (χ3n) is 2.31. The second kappa shape index (κ2) is 5.19. The molecule has 1 aliphatic rings. The number of nitrogens with zero attached hydrogens (tertiary/aromatic N) is 2. The van der Waals surface area contributed by atoms with Gasteiger partial charge in [0, 0.05) is 39.6 Å². The highest BCUT2D eigenvalue weighted by Gasteiger charge is 2.12. The lowest BCUT2D eigenvalue weighted by Gasteiger charge is -2.31. The standard InChI is InChI=1S/C9H18N2O2/c1-9(12)13-8-7-11-5-3-10(2)4-6-11/h3-8H2,1-2H3. The molecule has 0 unspecified atom stereocenters. The van der Waals surface area contributed by atoms with Crippen LogP contribution in [0.15, 0.2) is 0 Å². The minimum absolute atomic E-state index is 0.186. The minimum Gasteiger partial charge on any atom is -0.465 e. The van der Waals surface area contributed by atoms with Crippen LogP contribution in [-0.2, 0) is 9.53 Å². The van der Waals surface area contributed by atoms with Gasteiger partial charge in [-0.25, -0.2) is 0 Å². The summed E-state index contributed by atoms with van der Waals surface area (Å²) >= 11 is 0. The van der Waals surface area contributed by atoms with Crippen LogP contribution in [0.1, 0.15) is 6.92 Å². The van der Waals surface area contributed by atoms with Gasteiger partial charge in [-0.3, -0.25) is 9.69 Å². The maximum atomic E-state index is 10.5. The van der Waals surface area contributed by atoms with Gasteiger partial charge in [0.15, 0.2) is 0 Å². The molecular formula is C9H18N2O2. The SMILES string of the molecule is CC(=O)OCCN1CCN(C)CC1. The third kappa shape index (κ3) is 4.24. The largest absolute Gasteiger partial charge is 0.465 e. The smallest absolute Gasteiger partial charge is 0.302 e. The molecule has 0 N–H and O–H groups in total. The molecule has 1 rings (SSSR count). The van der Waals surface area contributed by atoms with Crippen molar-refractivity contribution < 1.29 is 9.53 Å². The van der Waals surface area contributed by atoms with E-state index in [2.05, 4.69) is 16.8 Å². The molecule has 1 saturated heterocycles. The van der Waals surface area contributed by atoms with Gasteiger partial charge in [0.2, 0.25) is 0 Å². The number of esters is 1. The summed E-state index contributed by atoms with van der Waals surface area (Å²) in [5.74, 6) is -0.186. The summed E-state index contributed by atoms with van der Waals surface area (Å²) in [4.78, 5) is 15.1. The van der Waals surface area contributed by atoms with Crippen LogP contribution in [0.25, 0.3) is 0 Å². The Morgan fingerprint density at radius 2 is 1.92 bits per heavy atom. The molecule has 1 fully saturated rings. The van der Waals surface area contributed by atoms with E-state index in [-0.39, 0.29) is 5.97 Å². The Morgan fingerprint density at radius 1 is 1.31 bits per heavy atom. The van der Waals surface area contributed by atoms with Gasteiger partial charge in [0.05, 0.1) is 0 Å². The highest BCUT2D eigenvalue weighted by molar-refractivity contribution is 5.65. The van der Waals surface area contributed by atoms with Crippen molar-refractivity contribution in [2.24, 2.45) is 0 Å². The molecule has 0 amide bonds. The van der Waals surface area contributed by atoms with Crippen LogP contribution >= 0.6 is 0 Å². The summed E-state index contributed by atoms with van der Waals surface area (Å²) in [6.07, 6.45) is 0. The van der Waals surface area contributed by atoms with Crippen LogP contribution < -0.4 is 0 Å². The van der Waals surface area contributed by atoms with Crippen molar-refractivity contribution in [1.82, 2.24) is 9.80 Å². The number of carbonyl (C=O) groups is 1. The van der Waals surface area contributed by atoms with E-state index in [4.69, 9.17) is 4.74 Å². The normalized spacial score (nSPS) is 20.2. The molecule has 0 aromatic rings. The molecule has 4 heteroatoms. The molecule has 76 valence electrons. The van der Waals surface area contributed by atoms with Gasteiger partial charge in [0.25, 0.3) is 0 Å². The summed E-state index contributed by atoms with van der Waals surface area (Å²) in [5.41, 5.74) is 0. The van der Waals surface area contributed by atoms with Crippen LogP contribution in [-0.4, -0.2) is 62.1 Å². The van der Waals surface area contributed by atoms with Gasteiger partial charge in [-0.05, 0) is 7.05 Å². The van der Waals surface area contributed by atoms with Crippen LogP contribution in [0.2, 0.25) is 0 Å². The second-order valence-electron chi connectivity index (χ2n) is 3.48. The molecule has 0 radical (unpaired) electrons. The number of hydrogen-bond donors (Lipinski definition) is 0. The van der Waals surface area contributed by atoms with E-state index in [0.717, 1.165) is 32.7 Å². The monoisotopic (exact) mass is 186 g/mol. The predicted octanol–water partition coefficient (Wildman–Crippen LogP) is -0.203. The van der Waals surface area contributed by atoms with Gasteiger partial charge in [-0.2, -0.15) is 0 Å². The fourth-order valence-corrected chi connectivity index (χ4v) is 1.39. The van der Waals surface area contributed by atoms with Crippen LogP contribution in [0.3, 0.4) is 0 Å². The Hall–Kier alpha value is -0.610. The zero-order chi connectivity index (χ0) is 9.68. The van der Waals surface area contributed by atoms with E-state index in [1.54, 1.807) is 0 Å². The lowest BCUT2D eigenvalue weighted by molar-refractivity contribution is -0.141. The summed E-state index contributed by atoms with van der Waals surface area (Å²) < 4.78 is 4.88. The molecule has 0 saturated carbocycles. The third-order valence-corrected chi connectivity index (χ3v) is 2.31. The van der Waals surface area contributed by atoms with Crippen LogP contribution in [0.5, 0.6) is 0 Å². The van der Waals surface area contributed by atoms with Crippen molar-refractivity contribution in [2.75, 3.05) is 46.4 Å². The summed E-state index contributed by atoms with van der Waals surface area (Å²) in [7, 11) is 2.13. The van der Waals surface area contributed by atoms with Crippen molar-refractivity contribution in [3.05, 3.63) is 0 Å². The Morgan fingerprint density at radius 3 is 2.46 bits per heavy atom. The minimum atomic E-state index is -0.186. The van der Waals surface area contributed by atoms with E-state index in [1.807, 2.05) is 0 Å². The Balaban J connectivity index is 2.05. The molecule has 0 atom stereocenters. The fraction of sp³-hybridized carbons (Fsp3) is 0.889. The number of ether oxygens (including phenoxy) is 1. The molecule has 4 nitrogen and oxygen atoms in total. The van der Waals surface area contributed by atoms with E-state index < -0.39 is 0 Å².